The van der Waals surface area contributed by atoms with Gasteiger partial charge in [-0.2, -0.15) is 13.2 Å². The van der Waals surface area contributed by atoms with Gasteiger partial charge in [0.05, 0.1) is 13.1 Å². The summed E-state index contributed by atoms with van der Waals surface area (Å²) in [6.07, 6.45) is -4.65. The Morgan fingerprint density at radius 2 is 2.13 bits per heavy atom. The molecule has 0 radical (unpaired) electrons. The topological polar surface area (TPSA) is 94.3 Å². The molecule has 9 nitrogen and oxygen atoms in total. The van der Waals surface area contributed by atoms with E-state index in [1.165, 1.54) is 25.8 Å². The van der Waals surface area contributed by atoms with E-state index in [9.17, 15) is 22.8 Å². The SMILES string of the molecule is CC#CCn1c(=O)n(C)c2nc(SC)nc(N3CCNCC3OC(=O)C(F)(F)F)c21. The third-order valence-electron chi connectivity index (χ3n) is 4.47. The van der Waals surface area contributed by atoms with Gasteiger partial charge in [-0.05, 0) is 13.2 Å². The Balaban J connectivity index is 2.18. The summed E-state index contributed by atoms with van der Waals surface area (Å²) in [5.74, 6) is 3.43. The maximum Gasteiger partial charge on any atom is 0.491 e. The van der Waals surface area contributed by atoms with Crippen LogP contribution < -0.4 is 15.9 Å². The van der Waals surface area contributed by atoms with Crippen LogP contribution in [0.15, 0.2) is 9.95 Å². The number of thioether (sulfide) groups is 1. The number of nitrogens with zero attached hydrogens (tertiary/aromatic N) is 5. The number of nitrogens with one attached hydrogen (secondary N) is 1. The number of aromatic nitrogens is 4. The monoisotopic (exact) mass is 444 g/mol. The normalized spacial score (nSPS) is 17.0. The van der Waals surface area contributed by atoms with Crippen molar-refractivity contribution in [2.45, 2.75) is 31.0 Å². The number of carbonyl (C=O) groups is 1. The molecule has 1 aliphatic heterocycles. The molecule has 162 valence electrons. The molecular formula is C17H19F3N6O3S. The number of esters is 1. The fourth-order valence-corrected chi connectivity index (χ4v) is 3.42. The molecule has 1 atom stereocenters. The molecular weight excluding hydrogens is 425 g/mol. The van der Waals surface area contributed by atoms with E-state index in [4.69, 9.17) is 4.74 Å². The second-order valence-electron chi connectivity index (χ2n) is 6.32. The number of imidazole rings is 1. The maximum atomic E-state index is 12.8. The molecule has 3 rings (SSSR count). The first-order valence-corrected chi connectivity index (χ1v) is 10.1. The minimum Gasteiger partial charge on any atom is -0.433 e. The average molecular weight is 444 g/mol. The molecule has 2 aromatic heterocycles. The molecule has 1 saturated heterocycles. The number of fused-ring (bicyclic) bond motifs is 1. The lowest BCUT2D eigenvalue weighted by molar-refractivity contribution is -0.205. The quantitative estimate of drug-likeness (QED) is 0.319. The zero-order chi connectivity index (χ0) is 22.1. The van der Waals surface area contributed by atoms with E-state index in [1.54, 1.807) is 20.2 Å². The van der Waals surface area contributed by atoms with Crippen molar-refractivity contribution < 1.29 is 22.7 Å². The molecule has 13 heteroatoms. The van der Waals surface area contributed by atoms with Gasteiger partial charge in [0, 0.05) is 20.1 Å². The van der Waals surface area contributed by atoms with E-state index in [0.717, 1.165) is 0 Å². The van der Waals surface area contributed by atoms with Crippen LogP contribution in [0.1, 0.15) is 6.92 Å². The number of piperazine rings is 1. The van der Waals surface area contributed by atoms with Gasteiger partial charge in [0.2, 0.25) is 0 Å². The summed E-state index contributed by atoms with van der Waals surface area (Å²) in [6, 6.07) is 0. The molecule has 0 aliphatic carbocycles. The number of ether oxygens (including phenoxy) is 1. The molecule has 2 aromatic rings. The van der Waals surface area contributed by atoms with Gasteiger partial charge < -0.3 is 15.0 Å². The van der Waals surface area contributed by atoms with Crippen molar-refractivity contribution in [3.63, 3.8) is 0 Å². The first-order valence-electron chi connectivity index (χ1n) is 8.85. The maximum absolute atomic E-state index is 12.8. The van der Waals surface area contributed by atoms with Crippen LogP contribution in [0.3, 0.4) is 0 Å². The highest BCUT2D eigenvalue weighted by molar-refractivity contribution is 7.98. The summed E-state index contributed by atoms with van der Waals surface area (Å²) in [7, 11) is 1.54. The van der Waals surface area contributed by atoms with Crippen molar-refractivity contribution in [1.82, 2.24) is 24.4 Å². The van der Waals surface area contributed by atoms with E-state index in [-0.39, 0.29) is 31.1 Å². The fourth-order valence-electron chi connectivity index (χ4n) is 3.07. The molecule has 1 unspecified atom stereocenters. The van der Waals surface area contributed by atoms with Gasteiger partial charge in [-0.15, -0.1) is 5.92 Å². The van der Waals surface area contributed by atoms with Crippen LogP contribution in [-0.2, 0) is 23.1 Å². The van der Waals surface area contributed by atoms with Gasteiger partial charge in [0.25, 0.3) is 0 Å². The van der Waals surface area contributed by atoms with E-state index in [1.807, 2.05) is 0 Å². The molecule has 0 spiro atoms. The largest absolute Gasteiger partial charge is 0.491 e. The molecule has 1 fully saturated rings. The van der Waals surface area contributed by atoms with E-state index >= 15 is 0 Å². The molecule has 30 heavy (non-hydrogen) atoms. The smallest absolute Gasteiger partial charge is 0.433 e. The number of halogens is 3. The summed E-state index contributed by atoms with van der Waals surface area (Å²) in [5.41, 5.74) is 0.241. The Morgan fingerprint density at radius 3 is 2.77 bits per heavy atom. The molecule has 1 N–H and O–H groups in total. The lowest BCUT2D eigenvalue weighted by atomic mass is 10.3. The number of aryl methyl sites for hydroxylation is 1. The summed E-state index contributed by atoms with van der Waals surface area (Å²) >= 11 is 1.22. The Bertz CT molecular complexity index is 1080. The molecule has 0 aromatic carbocycles. The third-order valence-corrected chi connectivity index (χ3v) is 5.02. The Morgan fingerprint density at radius 1 is 1.40 bits per heavy atom. The first-order chi connectivity index (χ1) is 14.2. The number of hydrogen-bond donors (Lipinski definition) is 1. The van der Waals surface area contributed by atoms with Crippen molar-refractivity contribution in [2.24, 2.45) is 7.05 Å². The van der Waals surface area contributed by atoms with Crippen LogP contribution in [0.4, 0.5) is 19.0 Å². The van der Waals surface area contributed by atoms with Crippen molar-refractivity contribution in [2.75, 3.05) is 30.8 Å². The Labute approximate surface area is 173 Å². The summed E-state index contributed by atoms with van der Waals surface area (Å²) in [6.45, 7) is 2.28. The van der Waals surface area contributed by atoms with Gasteiger partial charge in [0.1, 0.15) is 5.52 Å². The zero-order valence-electron chi connectivity index (χ0n) is 16.4. The van der Waals surface area contributed by atoms with Crippen LogP contribution >= 0.6 is 11.8 Å². The summed E-state index contributed by atoms with van der Waals surface area (Å²) in [5, 5.41) is 3.23. The minimum absolute atomic E-state index is 0.0340. The second-order valence-corrected chi connectivity index (χ2v) is 7.09. The number of alkyl halides is 3. The van der Waals surface area contributed by atoms with Gasteiger partial charge in [-0.25, -0.2) is 19.6 Å². The van der Waals surface area contributed by atoms with Gasteiger partial charge in [-0.3, -0.25) is 9.13 Å². The van der Waals surface area contributed by atoms with E-state index in [2.05, 4.69) is 27.1 Å². The van der Waals surface area contributed by atoms with E-state index in [0.29, 0.717) is 22.9 Å². The lowest BCUT2D eigenvalue weighted by Gasteiger charge is -2.36. The standard InChI is InChI=1S/C17H19F3N6O3S/c1-4-5-7-26-11-12(24(2)16(26)28)22-15(30-3)23-13(11)25-8-6-21-9-10(25)29-14(27)17(18,19)20/h10,21H,6-9H2,1-3H3. The number of anilines is 1. The van der Waals surface area contributed by atoms with Crippen LogP contribution in [0.25, 0.3) is 11.2 Å². The Hall–Kier alpha value is -2.72. The minimum atomic E-state index is -5.12. The average Bonchev–Trinajstić information content (AvgIpc) is 2.95. The van der Waals surface area contributed by atoms with Gasteiger partial charge in [0.15, 0.2) is 22.8 Å². The van der Waals surface area contributed by atoms with Crippen molar-refractivity contribution in [3.05, 3.63) is 10.5 Å². The van der Waals surface area contributed by atoms with Crippen LogP contribution in [0, 0.1) is 11.8 Å². The first kappa shape index (κ1) is 22.0. The predicted molar refractivity (Wildman–Crippen MR) is 104 cm³/mol. The Kier molecular flexibility index (Phi) is 6.27. The summed E-state index contributed by atoms with van der Waals surface area (Å²) in [4.78, 5) is 34.4. The highest BCUT2D eigenvalue weighted by Gasteiger charge is 2.44. The van der Waals surface area contributed by atoms with Crippen molar-refractivity contribution in [3.8, 4) is 11.8 Å². The molecule has 3 heterocycles. The lowest BCUT2D eigenvalue weighted by Crippen LogP contribution is -2.54. The summed E-state index contributed by atoms with van der Waals surface area (Å²) < 4.78 is 45.7. The van der Waals surface area contributed by atoms with Gasteiger partial charge >= 0.3 is 17.8 Å². The molecule has 0 saturated carbocycles. The zero-order valence-corrected chi connectivity index (χ0v) is 17.2. The third kappa shape index (κ3) is 4.10. The highest BCUT2D eigenvalue weighted by Crippen LogP contribution is 2.29. The second kappa shape index (κ2) is 8.57. The fraction of sp³-hybridized carbons (Fsp3) is 0.529. The predicted octanol–water partition coefficient (Wildman–Crippen LogP) is 0.716. The van der Waals surface area contributed by atoms with Crippen LogP contribution in [-0.4, -0.2) is 63.4 Å². The van der Waals surface area contributed by atoms with Crippen molar-refractivity contribution in [1.29, 1.82) is 0 Å². The number of hydrogen-bond acceptors (Lipinski definition) is 8. The van der Waals surface area contributed by atoms with E-state index < -0.39 is 18.4 Å². The van der Waals surface area contributed by atoms with Gasteiger partial charge in [-0.1, -0.05) is 17.7 Å². The molecule has 0 amide bonds. The highest BCUT2D eigenvalue weighted by atomic mass is 32.2. The van der Waals surface area contributed by atoms with Crippen LogP contribution in [0.5, 0.6) is 0 Å². The number of carbonyl (C=O) groups excluding carboxylic acids is 1. The van der Waals surface area contributed by atoms with Crippen molar-refractivity contribution >= 4 is 34.7 Å². The number of rotatable bonds is 4. The molecule has 0 bridgehead atoms. The van der Waals surface area contributed by atoms with Crippen LogP contribution in [0.2, 0.25) is 0 Å². The molecule has 1 aliphatic rings.